The van der Waals surface area contributed by atoms with Crippen molar-refractivity contribution in [1.82, 2.24) is 5.32 Å². The molecule has 0 radical (unpaired) electrons. The second-order valence-electron chi connectivity index (χ2n) is 4.76. The maximum absolute atomic E-state index is 5.42. The van der Waals surface area contributed by atoms with Gasteiger partial charge in [-0.1, -0.05) is 18.7 Å². The maximum Gasteiger partial charge on any atom is 0.156 e. The van der Waals surface area contributed by atoms with E-state index in [4.69, 9.17) is 4.74 Å². The summed E-state index contributed by atoms with van der Waals surface area (Å²) in [4.78, 5) is 4.56. The Bertz CT molecular complexity index is 229. The quantitative estimate of drug-likeness (QED) is 0.729. The van der Waals surface area contributed by atoms with Crippen molar-refractivity contribution in [3.8, 4) is 0 Å². The summed E-state index contributed by atoms with van der Waals surface area (Å²) < 4.78 is 5.42. The van der Waals surface area contributed by atoms with Gasteiger partial charge in [-0.25, -0.2) is 0 Å². The number of amidine groups is 1. The first-order valence-electron chi connectivity index (χ1n) is 6.17. The molecule has 94 valence electrons. The van der Waals surface area contributed by atoms with Gasteiger partial charge in [0.15, 0.2) is 5.17 Å². The summed E-state index contributed by atoms with van der Waals surface area (Å²) in [6.45, 7) is 9.16. The molecule has 4 heteroatoms. The summed E-state index contributed by atoms with van der Waals surface area (Å²) in [6, 6.07) is 0. The highest BCUT2D eigenvalue weighted by molar-refractivity contribution is 8.13. The number of hydrogen-bond donors (Lipinski definition) is 1. The van der Waals surface area contributed by atoms with Crippen LogP contribution in [-0.4, -0.2) is 36.2 Å². The van der Waals surface area contributed by atoms with Crippen LogP contribution in [0.4, 0.5) is 0 Å². The van der Waals surface area contributed by atoms with Crippen molar-refractivity contribution in [1.29, 1.82) is 0 Å². The summed E-state index contributed by atoms with van der Waals surface area (Å²) >= 11 is 1.83. The third-order valence-corrected chi connectivity index (χ3v) is 3.37. The summed E-state index contributed by atoms with van der Waals surface area (Å²) in [5, 5.41) is 4.57. The molecule has 0 saturated carbocycles. The Morgan fingerprint density at radius 3 is 2.94 bits per heavy atom. The van der Waals surface area contributed by atoms with E-state index in [9.17, 15) is 0 Å². The van der Waals surface area contributed by atoms with Gasteiger partial charge in [0, 0.05) is 31.1 Å². The first-order valence-corrected chi connectivity index (χ1v) is 7.16. The van der Waals surface area contributed by atoms with Crippen LogP contribution in [0.3, 0.4) is 0 Å². The highest BCUT2D eigenvalue weighted by Crippen LogP contribution is 2.21. The molecule has 0 spiro atoms. The van der Waals surface area contributed by atoms with Crippen LogP contribution in [-0.2, 0) is 4.74 Å². The van der Waals surface area contributed by atoms with Crippen molar-refractivity contribution in [2.75, 3.05) is 25.5 Å². The SMILES string of the molecule is CCCOCCCN=C1NC(C)(C)CCS1. The average Bonchev–Trinajstić information content (AvgIpc) is 2.22. The fourth-order valence-corrected chi connectivity index (χ4v) is 2.81. The predicted molar refractivity (Wildman–Crippen MR) is 72.3 cm³/mol. The second kappa shape index (κ2) is 7.17. The molecule has 3 nitrogen and oxygen atoms in total. The topological polar surface area (TPSA) is 33.6 Å². The van der Waals surface area contributed by atoms with Gasteiger partial charge < -0.3 is 10.1 Å². The number of thioether (sulfide) groups is 1. The van der Waals surface area contributed by atoms with Crippen LogP contribution >= 0.6 is 11.8 Å². The number of hydrogen-bond acceptors (Lipinski definition) is 3. The maximum atomic E-state index is 5.42. The van der Waals surface area contributed by atoms with E-state index in [1.807, 2.05) is 11.8 Å². The fourth-order valence-electron chi connectivity index (χ4n) is 1.47. The molecule has 1 saturated heterocycles. The minimum atomic E-state index is 0.211. The van der Waals surface area contributed by atoms with Crippen LogP contribution in [0.1, 0.15) is 40.0 Å². The van der Waals surface area contributed by atoms with Gasteiger partial charge in [-0.15, -0.1) is 0 Å². The molecule has 1 aliphatic heterocycles. The molecule has 1 fully saturated rings. The highest BCUT2D eigenvalue weighted by Gasteiger charge is 2.23. The lowest BCUT2D eigenvalue weighted by Gasteiger charge is -2.32. The van der Waals surface area contributed by atoms with Gasteiger partial charge in [0.2, 0.25) is 0 Å². The van der Waals surface area contributed by atoms with Gasteiger partial charge in [0.05, 0.1) is 0 Å². The first kappa shape index (κ1) is 13.8. The Balaban J connectivity index is 2.14. The number of rotatable bonds is 6. The number of nitrogens with one attached hydrogen (secondary N) is 1. The molecule has 1 rings (SSSR count). The predicted octanol–water partition coefficient (Wildman–Crippen LogP) is 2.66. The molecule has 0 aliphatic carbocycles. The van der Waals surface area contributed by atoms with Crippen molar-refractivity contribution in [2.24, 2.45) is 4.99 Å². The molecule has 0 aromatic heterocycles. The molecule has 0 amide bonds. The summed E-state index contributed by atoms with van der Waals surface area (Å²) in [6.07, 6.45) is 3.32. The number of nitrogens with zero attached hydrogens (tertiary/aromatic N) is 1. The van der Waals surface area contributed by atoms with Crippen LogP contribution < -0.4 is 5.32 Å². The fraction of sp³-hybridized carbons (Fsp3) is 0.917. The molecule has 0 unspecified atom stereocenters. The molecule has 1 aliphatic rings. The minimum Gasteiger partial charge on any atom is -0.381 e. The molecule has 0 aromatic carbocycles. The van der Waals surface area contributed by atoms with E-state index >= 15 is 0 Å². The van der Waals surface area contributed by atoms with E-state index in [2.05, 4.69) is 31.1 Å². The molecule has 1 heterocycles. The normalized spacial score (nSPS) is 22.1. The van der Waals surface area contributed by atoms with Crippen LogP contribution in [0.25, 0.3) is 0 Å². The zero-order valence-electron chi connectivity index (χ0n) is 10.7. The lowest BCUT2D eigenvalue weighted by molar-refractivity contribution is 0.134. The monoisotopic (exact) mass is 244 g/mol. The third kappa shape index (κ3) is 5.75. The summed E-state index contributed by atoms with van der Waals surface area (Å²) in [7, 11) is 0. The van der Waals surface area contributed by atoms with E-state index in [0.29, 0.717) is 0 Å². The van der Waals surface area contributed by atoms with Crippen molar-refractivity contribution >= 4 is 16.9 Å². The molecule has 0 bridgehead atoms. The molecule has 0 aromatic rings. The number of aliphatic imine (C=N–C) groups is 1. The standard InChI is InChI=1S/C12H24N2OS/c1-4-8-15-9-5-7-13-11-14-12(2,3)6-10-16-11/h4-10H2,1-3H3,(H,13,14). The largest absolute Gasteiger partial charge is 0.381 e. The zero-order chi connectivity index (χ0) is 11.9. The average molecular weight is 244 g/mol. The third-order valence-electron chi connectivity index (χ3n) is 2.46. The van der Waals surface area contributed by atoms with E-state index < -0.39 is 0 Å². The van der Waals surface area contributed by atoms with Gasteiger partial charge in [0.25, 0.3) is 0 Å². The van der Waals surface area contributed by atoms with Crippen LogP contribution in [0, 0.1) is 0 Å². The van der Waals surface area contributed by atoms with E-state index in [1.54, 1.807) is 0 Å². The second-order valence-corrected chi connectivity index (χ2v) is 5.84. The Kier molecular flexibility index (Phi) is 6.21. The molecule has 1 N–H and O–H groups in total. The Morgan fingerprint density at radius 1 is 1.44 bits per heavy atom. The lowest BCUT2D eigenvalue weighted by atomic mass is 10.0. The van der Waals surface area contributed by atoms with Gasteiger partial charge in [-0.05, 0) is 33.1 Å². The first-order chi connectivity index (χ1) is 7.64. The van der Waals surface area contributed by atoms with Gasteiger partial charge >= 0.3 is 0 Å². The molecular formula is C12H24N2OS. The van der Waals surface area contributed by atoms with Crippen LogP contribution in [0.5, 0.6) is 0 Å². The Morgan fingerprint density at radius 2 is 2.25 bits per heavy atom. The van der Waals surface area contributed by atoms with Crippen molar-refractivity contribution in [2.45, 2.75) is 45.6 Å². The molecular weight excluding hydrogens is 220 g/mol. The van der Waals surface area contributed by atoms with Crippen LogP contribution in [0.15, 0.2) is 4.99 Å². The summed E-state index contributed by atoms with van der Waals surface area (Å²) in [5.41, 5.74) is 0.211. The summed E-state index contributed by atoms with van der Waals surface area (Å²) in [5.74, 6) is 1.17. The van der Waals surface area contributed by atoms with Crippen LogP contribution in [0.2, 0.25) is 0 Å². The zero-order valence-corrected chi connectivity index (χ0v) is 11.5. The highest BCUT2D eigenvalue weighted by atomic mass is 32.2. The number of ether oxygens (including phenoxy) is 1. The van der Waals surface area contributed by atoms with Gasteiger partial charge in [0.1, 0.15) is 0 Å². The van der Waals surface area contributed by atoms with E-state index in [0.717, 1.165) is 37.8 Å². The van der Waals surface area contributed by atoms with E-state index in [1.165, 1.54) is 12.2 Å². The lowest BCUT2D eigenvalue weighted by Crippen LogP contribution is -2.46. The Hall–Kier alpha value is -0.220. The van der Waals surface area contributed by atoms with E-state index in [-0.39, 0.29) is 5.54 Å². The molecule has 0 atom stereocenters. The smallest absolute Gasteiger partial charge is 0.156 e. The molecule has 16 heavy (non-hydrogen) atoms. The van der Waals surface area contributed by atoms with Gasteiger partial charge in [-0.3, -0.25) is 4.99 Å². The van der Waals surface area contributed by atoms with Crippen molar-refractivity contribution in [3.05, 3.63) is 0 Å². The Labute approximate surface area is 103 Å². The minimum absolute atomic E-state index is 0.211. The van der Waals surface area contributed by atoms with Crippen molar-refractivity contribution < 1.29 is 4.74 Å². The van der Waals surface area contributed by atoms with Crippen molar-refractivity contribution in [3.63, 3.8) is 0 Å². The van der Waals surface area contributed by atoms with Gasteiger partial charge in [-0.2, -0.15) is 0 Å².